The minimum absolute atomic E-state index is 0.0393. The number of carbonyl (C=O) groups excluding carboxylic acids is 1. The lowest BCUT2D eigenvalue weighted by Gasteiger charge is -2.10. The molecule has 1 N–H and O–H groups in total. The third-order valence-corrected chi connectivity index (χ3v) is 4.97. The molecule has 3 nitrogen and oxygen atoms in total. The molecule has 0 saturated heterocycles. The van der Waals surface area contributed by atoms with Crippen LogP contribution in [0.4, 0.5) is 0 Å². The highest BCUT2D eigenvalue weighted by Gasteiger charge is 2.07. The van der Waals surface area contributed by atoms with Crippen molar-refractivity contribution in [3.63, 3.8) is 0 Å². The monoisotopic (exact) mass is 356 g/mol. The van der Waals surface area contributed by atoms with Crippen molar-refractivity contribution in [1.29, 1.82) is 0 Å². The van der Waals surface area contributed by atoms with Gasteiger partial charge >= 0.3 is 5.97 Å². The second kappa shape index (κ2) is 18.2. The predicted molar refractivity (Wildman–Crippen MR) is 107 cm³/mol. The molecule has 25 heavy (non-hydrogen) atoms. The van der Waals surface area contributed by atoms with Gasteiger partial charge in [0.05, 0.1) is 12.2 Å². The van der Waals surface area contributed by atoms with E-state index in [2.05, 4.69) is 6.92 Å². The van der Waals surface area contributed by atoms with Crippen LogP contribution < -0.4 is 0 Å². The van der Waals surface area contributed by atoms with Crippen molar-refractivity contribution in [1.82, 2.24) is 0 Å². The van der Waals surface area contributed by atoms with Gasteiger partial charge in [0.1, 0.15) is 0 Å². The van der Waals surface area contributed by atoms with E-state index in [4.69, 9.17) is 4.74 Å². The van der Waals surface area contributed by atoms with E-state index in [1.807, 2.05) is 13.8 Å². The largest absolute Gasteiger partial charge is 0.463 e. The number of unbranched alkanes of at least 4 members (excludes halogenated alkanes) is 10. The fourth-order valence-corrected chi connectivity index (χ4v) is 3.03. The fourth-order valence-electron chi connectivity index (χ4n) is 3.03. The highest BCUT2D eigenvalue weighted by molar-refractivity contribution is 5.69. The van der Waals surface area contributed by atoms with Crippen LogP contribution in [-0.2, 0) is 9.53 Å². The van der Waals surface area contributed by atoms with Gasteiger partial charge in [-0.05, 0) is 32.6 Å². The first kappa shape index (κ1) is 24.4. The lowest BCUT2D eigenvalue weighted by Crippen LogP contribution is -2.13. The molecule has 0 fully saturated rings. The Balaban J connectivity index is 3.24. The van der Waals surface area contributed by atoms with Gasteiger partial charge in [-0.3, -0.25) is 4.79 Å². The summed E-state index contributed by atoms with van der Waals surface area (Å²) in [6, 6.07) is 0. The minimum Gasteiger partial charge on any atom is -0.463 e. The fraction of sp³-hybridized carbons (Fsp3) is 0.955. The molecule has 0 radical (unpaired) electrons. The van der Waals surface area contributed by atoms with Gasteiger partial charge in [-0.15, -0.1) is 0 Å². The average Bonchev–Trinajstić information content (AvgIpc) is 2.60. The molecule has 0 saturated carbocycles. The Labute approximate surface area is 156 Å². The molecule has 0 aliphatic heterocycles. The van der Waals surface area contributed by atoms with Gasteiger partial charge in [-0.1, -0.05) is 84.5 Å². The smallest absolute Gasteiger partial charge is 0.306 e. The summed E-state index contributed by atoms with van der Waals surface area (Å²) >= 11 is 0. The average molecular weight is 357 g/mol. The van der Waals surface area contributed by atoms with E-state index in [1.165, 1.54) is 57.8 Å². The van der Waals surface area contributed by atoms with Crippen molar-refractivity contribution in [3.8, 4) is 0 Å². The molecule has 2 atom stereocenters. The van der Waals surface area contributed by atoms with E-state index in [0.717, 1.165) is 38.5 Å². The van der Waals surface area contributed by atoms with Crippen molar-refractivity contribution in [3.05, 3.63) is 0 Å². The maximum Gasteiger partial charge on any atom is 0.306 e. The van der Waals surface area contributed by atoms with Crippen molar-refractivity contribution in [2.24, 2.45) is 0 Å². The Morgan fingerprint density at radius 3 is 1.80 bits per heavy atom. The standard InChI is InChI=1S/C22H44O3/c1-4-6-7-14-17-21(23)18-15-12-10-8-9-11-13-16-19-22(24)25-20(3)5-2/h20-21,23H,4-19H2,1-3H3. The molecule has 0 rings (SSSR count). The van der Waals surface area contributed by atoms with Gasteiger partial charge < -0.3 is 9.84 Å². The summed E-state index contributed by atoms with van der Waals surface area (Å²) in [4.78, 5) is 11.5. The lowest BCUT2D eigenvalue weighted by atomic mass is 10.0. The van der Waals surface area contributed by atoms with Crippen LogP contribution in [0.15, 0.2) is 0 Å². The van der Waals surface area contributed by atoms with E-state index in [0.29, 0.717) is 6.42 Å². The number of esters is 1. The zero-order valence-electron chi connectivity index (χ0n) is 17.2. The van der Waals surface area contributed by atoms with Crippen molar-refractivity contribution >= 4 is 5.97 Å². The molecule has 0 aromatic carbocycles. The summed E-state index contributed by atoms with van der Waals surface area (Å²) in [5.41, 5.74) is 0. The molecular formula is C22H44O3. The first-order chi connectivity index (χ1) is 12.1. The molecule has 0 heterocycles. The van der Waals surface area contributed by atoms with Gasteiger partial charge in [-0.2, -0.15) is 0 Å². The van der Waals surface area contributed by atoms with Crippen molar-refractivity contribution in [2.45, 2.75) is 136 Å². The molecule has 3 heteroatoms. The summed E-state index contributed by atoms with van der Waals surface area (Å²) in [6.07, 6.45) is 17.9. The minimum atomic E-state index is -0.0768. The van der Waals surface area contributed by atoms with Crippen LogP contribution in [0.5, 0.6) is 0 Å². The van der Waals surface area contributed by atoms with Gasteiger partial charge in [0.2, 0.25) is 0 Å². The second-order valence-corrected chi connectivity index (χ2v) is 7.58. The molecule has 150 valence electrons. The van der Waals surface area contributed by atoms with Crippen LogP contribution in [0.2, 0.25) is 0 Å². The summed E-state index contributed by atoms with van der Waals surface area (Å²) < 4.78 is 5.27. The van der Waals surface area contributed by atoms with Crippen LogP contribution >= 0.6 is 0 Å². The Hall–Kier alpha value is -0.570. The zero-order valence-corrected chi connectivity index (χ0v) is 17.2. The lowest BCUT2D eigenvalue weighted by molar-refractivity contribution is -0.148. The Kier molecular flexibility index (Phi) is 17.8. The van der Waals surface area contributed by atoms with Crippen LogP contribution in [0.1, 0.15) is 124 Å². The molecular weight excluding hydrogens is 312 g/mol. The van der Waals surface area contributed by atoms with Crippen LogP contribution in [-0.4, -0.2) is 23.3 Å². The summed E-state index contributed by atoms with van der Waals surface area (Å²) in [6.45, 7) is 6.20. The third-order valence-electron chi connectivity index (χ3n) is 4.97. The van der Waals surface area contributed by atoms with E-state index in [-0.39, 0.29) is 18.2 Å². The van der Waals surface area contributed by atoms with E-state index < -0.39 is 0 Å². The Morgan fingerprint density at radius 2 is 1.28 bits per heavy atom. The molecule has 2 unspecified atom stereocenters. The molecule has 0 aromatic heterocycles. The number of hydrogen-bond donors (Lipinski definition) is 1. The molecule has 0 bridgehead atoms. The number of carbonyl (C=O) groups is 1. The maximum absolute atomic E-state index is 11.5. The number of aliphatic hydroxyl groups excluding tert-OH is 1. The summed E-state index contributed by atoms with van der Waals surface area (Å²) in [5.74, 6) is -0.0393. The molecule has 0 aliphatic carbocycles. The van der Waals surface area contributed by atoms with Crippen LogP contribution in [0.25, 0.3) is 0 Å². The van der Waals surface area contributed by atoms with Crippen LogP contribution in [0.3, 0.4) is 0 Å². The van der Waals surface area contributed by atoms with Crippen LogP contribution in [0, 0.1) is 0 Å². The summed E-state index contributed by atoms with van der Waals surface area (Å²) in [7, 11) is 0. The first-order valence-electron chi connectivity index (χ1n) is 11.0. The Bertz CT molecular complexity index is 291. The van der Waals surface area contributed by atoms with E-state index in [9.17, 15) is 9.90 Å². The number of ether oxygens (including phenoxy) is 1. The summed E-state index contributed by atoms with van der Waals surface area (Å²) in [5, 5.41) is 9.93. The number of aliphatic hydroxyl groups is 1. The normalized spacial score (nSPS) is 13.6. The van der Waals surface area contributed by atoms with E-state index >= 15 is 0 Å². The van der Waals surface area contributed by atoms with Crippen molar-refractivity contribution in [2.75, 3.05) is 0 Å². The maximum atomic E-state index is 11.5. The SMILES string of the molecule is CCCCCCC(O)CCCCCCCCCCC(=O)OC(C)CC. The Morgan fingerprint density at radius 1 is 0.800 bits per heavy atom. The van der Waals surface area contributed by atoms with Crippen molar-refractivity contribution < 1.29 is 14.6 Å². The number of rotatable bonds is 18. The van der Waals surface area contributed by atoms with Gasteiger partial charge in [0.25, 0.3) is 0 Å². The molecule has 0 aliphatic rings. The molecule has 0 aromatic rings. The molecule has 0 amide bonds. The quantitative estimate of drug-likeness (QED) is 0.223. The molecule has 0 spiro atoms. The zero-order chi connectivity index (χ0) is 18.8. The van der Waals surface area contributed by atoms with Gasteiger partial charge in [0.15, 0.2) is 0 Å². The number of hydrogen-bond acceptors (Lipinski definition) is 3. The van der Waals surface area contributed by atoms with Gasteiger partial charge in [-0.25, -0.2) is 0 Å². The third kappa shape index (κ3) is 18.0. The highest BCUT2D eigenvalue weighted by atomic mass is 16.5. The highest BCUT2D eigenvalue weighted by Crippen LogP contribution is 2.14. The second-order valence-electron chi connectivity index (χ2n) is 7.58. The first-order valence-corrected chi connectivity index (χ1v) is 11.0. The topological polar surface area (TPSA) is 46.5 Å². The predicted octanol–water partition coefficient (Wildman–Crippen LogP) is 6.56. The van der Waals surface area contributed by atoms with Gasteiger partial charge in [0, 0.05) is 6.42 Å². The van der Waals surface area contributed by atoms with E-state index in [1.54, 1.807) is 0 Å².